The summed E-state index contributed by atoms with van der Waals surface area (Å²) in [5.74, 6) is 0. The minimum absolute atomic E-state index is 0.0519. The van der Waals surface area contributed by atoms with Crippen LogP contribution in [0.5, 0.6) is 0 Å². The molecule has 0 radical (unpaired) electrons. The highest BCUT2D eigenvalue weighted by Crippen LogP contribution is 2.24. The molecule has 1 aliphatic rings. The van der Waals surface area contributed by atoms with Gasteiger partial charge in [-0.3, -0.25) is 0 Å². The van der Waals surface area contributed by atoms with Crippen molar-refractivity contribution in [1.29, 1.82) is 0 Å². The number of hydrogen-bond acceptors (Lipinski definition) is 3. The highest BCUT2D eigenvalue weighted by molar-refractivity contribution is 6.30. The molecule has 2 aromatic carbocycles. The van der Waals surface area contributed by atoms with Crippen molar-refractivity contribution >= 4 is 11.6 Å². The van der Waals surface area contributed by atoms with Crippen LogP contribution in [0.2, 0.25) is 5.02 Å². The Bertz CT molecular complexity index is 565. The second kappa shape index (κ2) is 7.05. The van der Waals surface area contributed by atoms with Crippen LogP contribution in [0, 0.1) is 0 Å². The number of rotatable bonds is 4. The van der Waals surface area contributed by atoms with E-state index in [0.29, 0.717) is 19.8 Å². The third kappa shape index (κ3) is 4.05. The topological polar surface area (TPSA) is 27.7 Å². The maximum absolute atomic E-state index is 5.95. The molecular weight excluding hydrogens is 288 g/mol. The molecule has 0 amide bonds. The number of halogens is 1. The summed E-state index contributed by atoms with van der Waals surface area (Å²) in [6.45, 7) is 1.56. The lowest BCUT2D eigenvalue weighted by Gasteiger charge is -2.29. The third-order valence-corrected chi connectivity index (χ3v) is 3.55. The van der Waals surface area contributed by atoms with Crippen LogP contribution >= 0.6 is 11.6 Å². The lowest BCUT2D eigenvalue weighted by Crippen LogP contribution is -2.33. The van der Waals surface area contributed by atoms with E-state index in [-0.39, 0.29) is 12.4 Å². The van der Waals surface area contributed by atoms with E-state index in [1.54, 1.807) is 0 Å². The first-order chi connectivity index (χ1) is 10.3. The maximum Gasteiger partial charge on any atom is 0.184 e. The van der Waals surface area contributed by atoms with E-state index < -0.39 is 0 Å². The highest BCUT2D eigenvalue weighted by atomic mass is 35.5. The van der Waals surface area contributed by atoms with Crippen molar-refractivity contribution in [2.24, 2.45) is 0 Å². The predicted molar refractivity (Wildman–Crippen MR) is 81.1 cm³/mol. The molecule has 1 saturated heterocycles. The molecule has 0 aliphatic carbocycles. The van der Waals surface area contributed by atoms with Crippen molar-refractivity contribution < 1.29 is 14.2 Å². The zero-order valence-electron chi connectivity index (χ0n) is 11.6. The second-order valence-electron chi connectivity index (χ2n) is 4.97. The van der Waals surface area contributed by atoms with E-state index in [9.17, 15) is 0 Å². The molecule has 0 aromatic heterocycles. The smallest absolute Gasteiger partial charge is 0.184 e. The summed E-state index contributed by atoms with van der Waals surface area (Å²) in [7, 11) is 0. The molecule has 1 heterocycles. The van der Waals surface area contributed by atoms with E-state index in [2.05, 4.69) is 0 Å². The average molecular weight is 305 g/mol. The van der Waals surface area contributed by atoms with Gasteiger partial charge >= 0.3 is 0 Å². The third-order valence-electron chi connectivity index (χ3n) is 3.31. The van der Waals surface area contributed by atoms with Crippen LogP contribution in [-0.2, 0) is 20.8 Å². The molecule has 0 unspecified atom stereocenters. The van der Waals surface area contributed by atoms with Gasteiger partial charge in [0.1, 0.15) is 6.10 Å². The predicted octanol–water partition coefficient (Wildman–Crippen LogP) is 3.97. The second-order valence-corrected chi connectivity index (χ2v) is 5.41. The van der Waals surface area contributed by atoms with Crippen molar-refractivity contribution in [2.75, 3.05) is 13.2 Å². The molecule has 4 heteroatoms. The fourth-order valence-corrected chi connectivity index (χ4v) is 2.44. The molecule has 0 bridgehead atoms. The average Bonchev–Trinajstić information content (AvgIpc) is 2.54. The summed E-state index contributed by atoms with van der Waals surface area (Å²) < 4.78 is 17.2. The van der Waals surface area contributed by atoms with Crippen LogP contribution in [0.1, 0.15) is 17.4 Å². The summed E-state index contributed by atoms with van der Waals surface area (Å²) in [4.78, 5) is 0. The van der Waals surface area contributed by atoms with Crippen LogP contribution in [0.3, 0.4) is 0 Å². The molecule has 3 rings (SSSR count). The van der Waals surface area contributed by atoms with Crippen LogP contribution in [0.4, 0.5) is 0 Å². The van der Waals surface area contributed by atoms with Crippen molar-refractivity contribution in [3.63, 3.8) is 0 Å². The molecule has 0 atom stereocenters. The van der Waals surface area contributed by atoms with E-state index in [0.717, 1.165) is 16.1 Å². The van der Waals surface area contributed by atoms with E-state index in [4.69, 9.17) is 25.8 Å². The SMILES string of the molecule is Clc1cccc(COC2COC(c3ccccc3)OC2)c1. The Morgan fingerprint density at radius 2 is 1.76 bits per heavy atom. The van der Waals surface area contributed by atoms with Crippen LogP contribution in [-0.4, -0.2) is 19.3 Å². The monoisotopic (exact) mass is 304 g/mol. The van der Waals surface area contributed by atoms with Gasteiger partial charge in [0.25, 0.3) is 0 Å². The Morgan fingerprint density at radius 3 is 2.48 bits per heavy atom. The first kappa shape index (κ1) is 14.5. The minimum Gasteiger partial charge on any atom is -0.369 e. The molecule has 2 aromatic rings. The Kier molecular flexibility index (Phi) is 4.88. The van der Waals surface area contributed by atoms with Gasteiger partial charge in [0.15, 0.2) is 6.29 Å². The largest absolute Gasteiger partial charge is 0.369 e. The molecule has 1 aliphatic heterocycles. The lowest BCUT2D eigenvalue weighted by molar-refractivity contribution is -0.232. The molecule has 1 fully saturated rings. The highest BCUT2D eigenvalue weighted by Gasteiger charge is 2.23. The van der Waals surface area contributed by atoms with Crippen LogP contribution in [0.25, 0.3) is 0 Å². The lowest BCUT2D eigenvalue weighted by atomic mass is 10.2. The van der Waals surface area contributed by atoms with Gasteiger partial charge in [-0.05, 0) is 17.7 Å². The number of ether oxygens (including phenoxy) is 3. The first-order valence-electron chi connectivity index (χ1n) is 6.95. The Morgan fingerprint density at radius 1 is 1.00 bits per heavy atom. The molecular formula is C17H17ClO3. The van der Waals surface area contributed by atoms with Gasteiger partial charge in [-0.2, -0.15) is 0 Å². The van der Waals surface area contributed by atoms with Gasteiger partial charge in [-0.15, -0.1) is 0 Å². The molecule has 0 saturated carbocycles. The zero-order chi connectivity index (χ0) is 14.5. The van der Waals surface area contributed by atoms with Crippen LogP contribution < -0.4 is 0 Å². The molecule has 0 spiro atoms. The van der Waals surface area contributed by atoms with Gasteiger partial charge in [0.05, 0.1) is 19.8 Å². The first-order valence-corrected chi connectivity index (χ1v) is 7.33. The Hall–Kier alpha value is -1.39. The fourth-order valence-electron chi connectivity index (χ4n) is 2.23. The zero-order valence-corrected chi connectivity index (χ0v) is 12.3. The molecule has 21 heavy (non-hydrogen) atoms. The standard InChI is InChI=1S/C17H17ClO3/c18-15-8-4-5-13(9-15)10-19-16-11-20-17(21-12-16)14-6-2-1-3-7-14/h1-9,16-17H,10-12H2. The molecule has 110 valence electrons. The minimum atomic E-state index is -0.294. The summed E-state index contributed by atoms with van der Waals surface area (Å²) in [6.07, 6.45) is -0.346. The van der Waals surface area contributed by atoms with Gasteiger partial charge in [-0.1, -0.05) is 54.1 Å². The quantitative estimate of drug-likeness (QED) is 0.855. The summed E-state index contributed by atoms with van der Waals surface area (Å²) >= 11 is 5.95. The van der Waals surface area contributed by atoms with Crippen molar-refractivity contribution in [2.45, 2.75) is 19.0 Å². The summed E-state index contributed by atoms with van der Waals surface area (Å²) in [5, 5.41) is 0.719. The van der Waals surface area contributed by atoms with Crippen molar-refractivity contribution in [3.05, 3.63) is 70.7 Å². The van der Waals surface area contributed by atoms with Crippen molar-refractivity contribution in [3.8, 4) is 0 Å². The van der Waals surface area contributed by atoms with E-state index in [1.165, 1.54) is 0 Å². The number of benzene rings is 2. The van der Waals surface area contributed by atoms with Crippen molar-refractivity contribution in [1.82, 2.24) is 0 Å². The van der Waals surface area contributed by atoms with Gasteiger partial charge in [0, 0.05) is 10.6 Å². The fraction of sp³-hybridized carbons (Fsp3) is 0.294. The summed E-state index contributed by atoms with van der Waals surface area (Å²) in [5.41, 5.74) is 2.08. The Labute approximate surface area is 129 Å². The molecule has 0 N–H and O–H groups in total. The van der Waals surface area contributed by atoms with E-state index >= 15 is 0 Å². The maximum atomic E-state index is 5.95. The Balaban J connectivity index is 1.48. The summed E-state index contributed by atoms with van der Waals surface area (Å²) in [6, 6.07) is 17.6. The van der Waals surface area contributed by atoms with Gasteiger partial charge in [0.2, 0.25) is 0 Å². The van der Waals surface area contributed by atoms with E-state index in [1.807, 2.05) is 54.6 Å². The van der Waals surface area contributed by atoms with Gasteiger partial charge in [-0.25, -0.2) is 0 Å². The van der Waals surface area contributed by atoms with Gasteiger partial charge < -0.3 is 14.2 Å². The van der Waals surface area contributed by atoms with Crippen LogP contribution in [0.15, 0.2) is 54.6 Å². The number of hydrogen-bond donors (Lipinski definition) is 0. The normalized spacial score (nSPS) is 22.1. The molecule has 3 nitrogen and oxygen atoms in total.